The Morgan fingerprint density at radius 2 is 2.25 bits per heavy atom. The zero-order chi connectivity index (χ0) is 8.81. The number of hydrogen-bond donors (Lipinski definition) is 0. The maximum absolute atomic E-state index is 8.80. The Bertz CT molecular complexity index is 165. The van der Waals surface area contributed by atoms with Crippen LogP contribution in [0.3, 0.4) is 0 Å². The molecule has 0 aliphatic carbocycles. The standard InChI is InChI=1S/C7H11NO2S2/c1-9-10-5-6(4-8)7-11-2-3-12-7/h6-7H,2-3,5H2,1H3. The van der Waals surface area contributed by atoms with Gasteiger partial charge in [-0.2, -0.15) is 5.26 Å². The van der Waals surface area contributed by atoms with E-state index in [0.29, 0.717) is 11.2 Å². The topological polar surface area (TPSA) is 42.2 Å². The van der Waals surface area contributed by atoms with Crippen LogP contribution < -0.4 is 0 Å². The first-order valence-corrected chi connectivity index (χ1v) is 5.76. The smallest absolute Gasteiger partial charge is 0.0999 e. The van der Waals surface area contributed by atoms with Crippen LogP contribution in [0.5, 0.6) is 0 Å². The molecule has 1 atom stereocenters. The summed E-state index contributed by atoms with van der Waals surface area (Å²) in [4.78, 5) is 9.21. The molecule has 1 rings (SSSR count). The highest BCUT2D eigenvalue weighted by atomic mass is 32.2. The number of hydrogen-bond acceptors (Lipinski definition) is 5. The van der Waals surface area contributed by atoms with Gasteiger partial charge in [0, 0.05) is 11.5 Å². The van der Waals surface area contributed by atoms with E-state index < -0.39 is 0 Å². The number of rotatable bonds is 4. The van der Waals surface area contributed by atoms with Gasteiger partial charge in [-0.3, -0.25) is 0 Å². The summed E-state index contributed by atoms with van der Waals surface area (Å²) in [6.45, 7) is 0.373. The molecule has 0 aromatic rings. The lowest BCUT2D eigenvalue weighted by Crippen LogP contribution is -2.16. The monoisotopic (exact) mass is 205 g/mol. The van der Waals surface area contributed by atoms with E-state index in [4.69, 9.17) is 10.1 Å². The van der Waals surface area contributed by atoms with Crippen molar-refractivity contribution in [3.05, 3.63) is 0 Å². The molecular weight excluding hydrogens is 194 g/mol. The summed E-state index contributed by atoms with van der Waals surface area (Å²) in [5.41, 5.74) is 0. The van der Waals surface area contributed by atoms with Crippen molar-refractivity contribution >= 4 is 23.5 Å². The van der Waals surface area contributed by atoms with Gasteiger partial charge >= 0.3 is 0 Å². The first kappa shape index (κ1) is 10.2. The third kappa shape index (κ3) is 2.87. The Morgan fingerprint density at radius 3 is 2.75 bits per heavy atom. The number of nitrogens with zero attached hydrogens (tertiary/aromatic N) is 1. The van der Waals surface area contributed by atoms with Gasteiger partial charge in [0.05, 0.1) is 30.3 Å². The molecular formula is C7H11NO2S2. The summed E-state index contributed by atoms with van der Waals surface area (Å²) in [5.74, 6) is 2.23. The van der Waals surface area contributed by atoms with E-state index in [1.165, 1.54) is 7.11 Å². The molecule has 1 heterocycles. The van der Waals surface area contributed by atoms with E-state index >= 15 is 0 Å². The van der Waals surface area contributed by atoms with E-state index in [1.807, 2.05) is 23.5 Å². The Kier molecular flexibility index (Phi) is 4.84. The minimum absolute atomic E-state index is 0.0533. The second-order valence-electron chi connectivity index (χ2n) is 2.30. The number of nitriles is 1. The molecule has 68 valence electrons. The van der Waals surface area contributed by atoms with E-state index in [0.717, 1.165) is 11.5 Å². The van der Waals surface area contributed by atoms with Gasteiger partial charge in [-0.25, -0.2) is 9.78 Å². The molecule has 1 aliphatic heterocycles. The van der Waals surface area contributed by atoms with Gasteiger partial charge in [0.2, 0.25) is 0 Å². The molecule has 0 saturated carbocycles. The van der Waals surface area contributed by atoms with Gasteiger partial charge in [0.1, 0.15) is 0 Å². The van der Waals surface area contributed by atoms with Crippen molar-refractivity contribution in [3.8, 4) is 6.07 Å². The fraction of sp³-hybridized carbons (Fsp3) is 0.857. The largest absolute Gasteiger partial charge is 0.240 e. The van der Waals surface area contributed by atoms with Crippen molar-refractivity contribution in [2.45, 2.75) is 4.58 Å². The minimum atomic E-state index is -0.0533. The normalized spacial score (nSPS) is 20.7. The van der Waals surface area contributed by atoms with Gasteiger partial charge in [0.25, 0.3) is 0 Å². The Balaban J connectivity index is 2.29. The summed E-state index contributed by atoms with van der Waals surface area (Å²) < 4.78 is 0.366. The lowest BCUT2D eigenvalue weighted by Gasteiger charge is -2.13. The van der Waals surface area contributed by atoms with Gasteiger partial charge < -0.3 is 0 Å². The SMILES string of the molecule is COOCC(C#N)C1SCCS1. The second-order valence-corrected chi connectivity index (χ2v) is 5.09. The molecule has 0 bridgehead atoms. The number of thioether (sulfide) groups is 2. The van der Waals surface area contributed by atoms with Crippen LogP contribution in [0, 0.1) is 17.2 Å². The molecule has 12 heavy (non-hydrogen) atoms. The Morgan fingerprint density at radius 1 is 1.58 bits per heavy atom. The summed E-state index contributed by atoms with van der Waals surface area (Å²) in [6, 6.07) is 2.23. The average Bonchev–Trinajstić information content (AvgIpc) is 2.59. The van der Waals surface area contributed by atoms with Crippen molar-refractivity contribution in [3.63, 3.8) is 0 Å². The Hall–Kier alpha value is 0.110. The highest BCUT2D eigenvalue weighted by Gasteiger charge is 2.26. The van der Waals surface area contributed by atoms with Crippen molar-refractivity contribution in [1.29, 1.82) is 5.26 Å². The zero-order valence-electron chi connectivity index (χ0n) is 6.86. The molecule has 0 spiro atoms. The maximum Gasteiger partial charge on any atom is 0.0999 e. The van der Waals surface area contributed by atoms with Crippen molar-refractivity contribution in [2.24, 2.45) is 5.92 Å². The summed E-state index contributed by atoms with van der Waals surface area (Å²) >= 11 is 3.66. The van der Waals surface area contributed by atoms with Gasteiger partial charge in [-0.15, -0.1) is 23.5 Å². The molecule has 0 aromatic carbocycles. The molecule has 1 unspecified atom stereocenters. The fourth-order valence-corrected chi connectivity index (χ4v) is 3.87. The second kappa shape index (κ2) is 5.70. The van der Waals surface area contributed by atoms with Crippen LogP contribution in [0.4, 0.5) is 0 Å². The quantitative estimate of drug-likeness (QED) is 0.514. The van der Waals surface area contributed by atoms with Gasteiger partial charge in [-0.05, 0) is 0 Å². The lowest BCUT2D eigenvalue weighted by molar-refractivity contribution is -0.276. The average molecular weight is 205 g/mol. The van der Waals surface area contributed by atoms with Crippen LogP contribution in [0.2, 0.25) is 0 Å². The summed E-state index contributed by atoms with van der Waals surface area (Å²) in [6.07, 6.45) is 0. The highest BCUT2D eigenvalue weighted by molar-refractivity contribution is 8.20. The molecule has 0 radical (unpaired) electrons. The molecule has 0 aromatic heterocycles. The van der Waals surface area contributed by atoms with Gasteiger partial charge in [0.15, 0.2) is 0 Å². The molecule has 1 aliphatic rings. The molecule has 1 fully saturated rings. The zero-order valence-corrected chi connectivity index (χ0v) is 8.49. The van der Waals surface area contributed by atoms with Gasteiger partial charge in [-0.1, -0.05) is 0 Å². The summed E-state index contributed by atoms with van der Waals surface area (Å²) in [7, 11) is 1.46. The summed E-state index contributed by atoms with van der Waals surface area (Å²) in [5, 5.41) is 8.80. The molecule has 3 nitrogen and oxygen atoms in total. The minimum Gasteiger partial charge on any atom is -0.240 e. The molecule has 5 heteroatoms. The first-order chi connectivity index (χ1) is 5.88. The van der Waals surface area contributed by atoms with Crippen molar-refractivity contribution < 1.29 is 9.78 Å². The first-order valence-electron chi connectivity index (χ1n) is 3.67. The van der Waals surface area contributed by atoms with Crippen LogP contribution in [0.1, 0.15) is 0 Å². The fourth-order valence-electron chi connectivity index (χ4n) is 0.927. The predicted molar refractivity (Wildman–Crippen MR) is 50.8 cm³/mol. The van der Waals surface area contributed by atoms with Crippen LogP contribution in [-0.2, 0) is 9.78 Å². The van der Waals surface area contributed by atoms with Crippen molar-refractivity contribution in [2.75, 3.05) is 25.2 Å². The van der Waals surface area contributed by atoms with E-state index in [9.17, 15) is 0 Å². The third-order valence-electron chi connectivity index (χ3n) is 1.51. The highest BCUT2D eigenvalue weighted by Crippen LogP contribution is 2.37. The Labute approximate surface area is 80.7 Å². The van der Waals surface area contributed by atoms with Crippen LogP contribution in [0.25, 0.3) is 0 Å². The predicted octanol–water partition coefficient (Wildman–Crippen LogP) is 1.51. The van der Waals surface area contributed by atoms with Crippen LogP contribution >= 0.6 is 23.5 Å². The van der Waals surface area contributed by atoms with Crippen LogP contribution in [0.15, 0.2) is 0 Å². The third-order valence-corrected chi connectivity index (χ3v) is 4.78. The molecule has 1 saturated heterocycles. The van der Waals surface area contributed by atoms with E-state index in [2.05, 4.69) is 11.0 Å². The van der Waals surface area contributed by atoms with E-state index in [-0.39, 0.29) is 5.92 Å². The molecule has 0 amide bonds. The van der Waals surface area contributed by atoms with E-state index in [1.54, 1.807) is 0 Å². The van der Waals surface area contributed by atoms with Crippen molar-refractivity contribution in [1.82, 2.24) is 0 Å². The lowest BCUT2D eigenvalue weighted by atomic mass is 10.2. The van der Waals surface area contributed by atoms with Crippen LogP contribution in [-0.4, -0.2) is 29.8 Å². The molecule has 0 N–H and O–H groups in total. The maximum atomic E-state index is 8.80.